The van der Waals surface area contributed by atoms with Crippen LogP contribution in [0.15, 0.2) is 24.5 Å². The molecular weight excluding hydrogens is 348 g/mol. The van der Waals surface area contributed by atoms with Crippen LogP contribution >= 0.6 is 12.2 Å². The highest BCUT2D eigenvalue weighted by molar-refractivity contribution is 7.71. The molecule has 3 rings (SSSR count). The zero-order chi connectivity index (χ0) is 18.7. The van der Waals surface area contributed by atoms with E-state index in [0.29, 0.717) is 24.6 Å². The zero-order valence-electron chi connectivity index (χ0n) is 15.6. The second kappa shape index (κ2) is 8.14. The molecule has 6 nitrogen and oxygen atoms in total. The van der Waals surface area contributed by atoms with E-state index in [4.69, 9.17) is 17.0 Å². The number of carbonyl (C=O) groups excluding carboxylic acids is 1. The minimum absolute atomic E-state index is 0.0562. The normalized spacial score (nSPS) is 18.0. The van der Waals surface area contributed by atoms with E-state index in [-0.39, 0.29) is 11.9 Å². The molecule has 0 bridgehead atoms. The summed E-state index contributed by atoms with van der Waals surface area (Å²) in [5, 5.41) is 4.47. The van der Waals surface area contributed by atoms with E-state index in [9.17, 15) is 4.79 Å². The van der Waals surface area contributed by atoms with Crippen molar-refractivity contribution >= 4 is 18.2 Å². The summed E-state index contributed by atoms with van der Waals surface area (Å²) >= 11 is 5.64. The SMILES string of the molecule is CCOC(=O)[C@@H]1CCCN(Cn2ncn(-c3ccc(C)cc3C)c2=S)C1. The third-order valence-corrected chi connectivity index (χ3v) is 5.21. The van der Waals surface area contributed by atoms with Gasteiger partial charge in [-0.2, -0.15) is 5.10 Å². The van der Waals surface area contributed by atoms with E-state index in [0.717, 1.165) is 25.1 Å². The van der Waals surface area contributed by atoms with E-state index in [1.165, 1.54) is 11.1 Å². The molecule has 2 aromatic rings. The van der Waals surface area contributed by atoms with Crippen molar-refractivity contribution in [3.63, 3.8) is 0 Å². The second-order valence-corrected chi connectivity index (χ2v) is 7.25. The fraction of sp³-hybridized carbons (Fsp3) is 0.526. The van der Waals surface area contributed by atoms with Gasteiger partial charge in [0.25, 0.3) is 0 Å². The molecule has 1 aromatic heterocycles. The van der Waals surface area contributed by atoms with Gasteiger partial charge in [-0.15, -0.1) is 0 Å². The minimum Gasteiger partial charge on any atom is -0.466 e. The molecule has 1 aromatic carbocycles. The van der Waals surface area contributed by atoms with Crippen LogP contribution in [0.4, 0.5) is 0 Å². The Balaban J connectivity index is 1.74. The van der Waals surface area contributed by atoms with E-state index in [1.807, 2.05) is 16.2 Å². The third kappa shape index (κ3) is 4.04. The van der Waals surface area contributed by atoms with E-state index >= 15 is 0 Å². The van der Waals surface area contributed by atoms with Gasteiger partial charge in [0.05, 0.1) is 24.9 Å². The smallest absolute Gasteiger partial charge is 0.310 e. The molecule has 1 fully saturated rings. The molecule has 0 amide bonds. The van der Waals surface area contributed by atoms with Gasteiger partial charge >= 0.3 is 5.97 Å². The van der Waals surface area contributed by atoms with Crippen LogP contribution in [0, 0.1) is 24.5 Å². The number of esters is 1. The van der Waals surface area contributed by atoms with Crippen LogP contribution in [-0.2, 0) is 16.2 Å². The molecule has 2 heterocycles. The first-order valence-electron chi connectivity index (χ1n) is 9.10. The highest BCUT2D eigenvalue weighted by atomic mass is 32.1. The Bertz CT molecular complexity index is 842. The topological polar surface area (TPSA) is 52.3 Å². The lowest BCUT2D eigenvalue weighted by atomic mass is 9.99. The first kappa shape index (κ1) is 18.8. The summed E-state index contributed by atoms with van der Waals surface area (Å²) in [6.45, 7) is 8.65. The van der Waals surface area contributed by atoms with Gasteiger partial charge in [-0.3, -0.25) is 14.3 Å². The number of ether oxygens (including phenoxy) is 1. The lowest BCUT2D eigenvalue weighted by Gasteiger charge is -2.31. The predicted molar refractivity (Wildman–Crippen MR) is 103 cm³/mol. The first-order valence-corrected chi connectivity index (χ1v) is 9.51. The molecule has 0 spiro atoms. The van der Waals surface area contributed by atoms with Crippen molar-refractivity contribution in [2.45, 2.75) is 40.3 Å². The molecule has 7 heteroatoms. The summed E-state index contributed by atoms with van der Waals surface area (Å²) in [6, 6.07) is 6.29. The summed E-state index contributed by atoms with van der Waals surface area (Å²) in [5.74, 6) is -0.152. The fourth-order valence-corrected chi connectivity index (χ4v) is 3.75. The number of aromatic nitrogens is 3. The van der Waals surface area contributed by atoms with Gasteiger partial charge in [0.15, 0.2) is 0 Å². The third-order valence-electron chi connectivity index (χ3n) is 4.80. The minimum atomic E-state index is -0.0957. The predicted octanol–water partition coefficient (Wildman–Crippen LogP) is 3.25. The Labute approximate surface area is 159 Å². The molecule has 0 saturated carbocycles. The molecule has 140 valence electrons. The van der Waals surface area contributed by atoms with Crippen molar-refractivity contribution in [2.75, 3.05) is 19.7 Å². The molecule has 0 aliphatic carbocycles. The van der Waals surface area contributed by atoms with Gasteiger partial charge in [0.2, 0.25) is 4.77 Å². The van der Waals surface area contributed by atoms with Crippen molar-refractivity contribution in [1.82, 2.24) is 19.2 Å². The Morgan fingerprint density at radius 3 is 2.92 bits per heavy atom. The average molecular weight is 375 g/mol. The number of carbonyl (C=O) groups is 1. The maximum atomic E-state index is 12.0. The monoisotopic (exact) mass is 374 g/mol. The molecule has 1 saturated heterocycles. The maximum Gasteiger partial charge on any atom is 0.310 e. The largest absolute Gasteiger partial charge is 0.466 e. The van der Waals surface area contributed by atoms with Gasteiger partial charge < -0.3 is 4.74 Å². The van der Waals surface area contributed by atoms with E-state index < -0.39 is 0 Å². The highest BCUT2D eigenvalue weighted by Gasteiger charge is 2.27. The van der Waals surface area contributed by atoms with Gasteiger partial charge in [0, 0.05) is 6.54 Å². The number of rotatable bonds is 5. The molecule has 0 unspecified atom stereocenters. The molecule has 1 atom stereocenters. The summed E-state index contributed by atoms with van der Waals surface area (Å²) in [5.41, 5.74) is 3.44. The molecule has 1 aliphatic heterocycles. The van der Waals surface area contributed by atoms with Crippen LogP contribution in [0.3, 0.4) is 0 Å². The summed E-state index contributed by atoms with van der Waals surface area (Å²) in [4.78, 5) is 14.2. The van der Waals surface area contributed by atoms with Gasteiger partial charge in [-0.05, 0) is 64.0 Å². The number of likely N-dealkylation sites (tertiary alicyclic amines) is 1. The second-order valence-electron chi connectivity index (χ2n) is 6.88. The van der Waals surface area contributed by atoms with Gasteiger partial charge in [-0.1, -0.05) is 17.7 Å². The summed E-state index contributed by atoms with van der Waals surface area (Å²) in [6.07, 6.45) is 3.64. The quantitative estimate of drug-likeness (QED) is 0.594. The lowest BCUT2D eigenvalue weighted by Crippen LogP contribution is -2.40. The molecule has 1 aliphatic rings. The number of hydrogen-bond donors (Lipinski definition) is 0. The Hall–Kier alpha value is -1.99. The molecule has 26 heavy (non-hydrogen) atoms. The number of aryl methyl sites for hydroxylation is 2. The fourth-order valence-electron chi connectivity index (χ4n) is 3.50. The van der Waals surface area contributed by atoms with Crippen molar-refractivity contribution in [2.24, 2.45) is 5.92 Å². The number of nitrogens with zero attached hydrogens (tertiary/aromatic N) is 4. The van der Waals surface area contributed by atoms with Crippen molar-refractivity contribution in [1.29, 1.82) is 0 Å². The summed E-state index contributed by atoms with van der Waals surface area (Å²) in [7, 11) is 0. The van der Waals surface area contributed by atoms with Crippen molar-refractivity contribution in [3.8, 4) is 5.69 Å². The van der Waals surface area contributed by atoms with Gasteiger partial charge in [0.1, 0.15) is 6.33 Å². The van der Waals surface area contributed by atoms with E-state index in [2.05, 4.69) is 42.0 Å². The number of benzene rings is 1. The standard InChI is InChI=1S/C19H26N4O2S/c1-4-25-18(24)16-6-5-9-21(11-16)13-23-19(26)22(12-20-23)17-8-7-14(2)10-15(17)3/h7-8,10,12,16H,4-6,9,11,13H2,1-3H3/t16-/m1/s1. The lowest BCUT2D eigenvalue weighted by molar-refractivity contribution is -0.150. The Morgan fingerprint density at radius 1 is 1.38 bits per heavy atom. The average Bonchev–Trinajstić information content (AvgIpc) is 2.96. The van der Waals surface area contributed by atoms with Crippen LogP contribution in [0.2, 0.25) is 0 Å². The highest BCUT2D eigenvalue weighted by Crippen LogP contribution is 2.20. The first-order chi connectivity index (χ1) is 12.5. The van der Waals surface area contributed by atoms with Crippen LogP contribution in [0.25, 0.3) is 5.69 Å². The van der Waals surface area contributed by atoms with Gasteiger partial charge in [-0.25, -0.2) is 4.68 Å². The maximum absolute atomic E-state index is 12.0. The van der Waals surface area contributed by atoms with Crippen LogP contribution in [0.1, 0.15) is 30.9 Å². The molecule has 0 radical (unpaired) electrons. The zero-order valence-corrected chi connectivity index (χ0v) is 16.5. The van der Waals surface area contributed by atoms with Crippen molar-refractivity contribution < 1.29 is 9.53 Å². The Kier molecular flexibility index (Phi) is 5.88. The number of hydrogen-bond acceptors (Lipinski definition) is 5. The van der Waals surface area contributed by atoms with Crippen molar-refractivity contribution in [3.05, 3.63) is 40.4 Å². The van der Waals surface area contributed by atoms with E-state index in [1.54, 1.807) is 6.33 Å². The van der Waals surface area contributed by atoms with Crippen LogP contribution < -0.4 is 0 Å². The summed E-state index contributed by atoms with van der Waals surface area (Å²) < 4.78 is 9.60. The molecular formula is C19H26N4O2S. The van der Waals surface area contributed by atoms with Crippen LogP contribution in [0.5, 0.6) is 0 Å². The Morgan fingerprint density at radius 2 is 2.19 bits per heavy atom. The number of piperidine rings is 1. The molecule has 0 N–H and O–H groups in total. The van der Waals surface area contributed by atoms with Crippen LogP contribution in [-0.4, -0.2) is 44.9 Å².